The molecular weight excluding hydrogens is 347 g/mol. The van der Waals surface area contributed by atoms with E-state index in [0.29, 0.717) is 17.2 Å². The molecule has 0 aliphatic heterocycles. The van der Waals surface area contributed by atoms with Crippen LogP contribution < -0.4 is 5.32 Å². The van der Waals surface area contributed by atoms with Crippen LogP contribution in [-0.2, 0) is 9.53 Å². The Labute approximate surface area is 147 Å². The van der Waals surface area contributed by atoms with Crippen LogP contribution in [0.5, 0.6) is 0 Å². The first kappa shape index (κ1) is 17.9. The van der Waals surface area contributed by atoms with Crippen molar-refractivity contribution in [2.75, 3.05) is 18.5 Å². The molecule has 5 nitrogen and oxygen atoms in total. The average molecular weight is 363 g/mol. The number of aryl methyl sites for hydroxylation is 1. The standard InChI is InChI=1S/C18H16F3N3O2/c1-12-6-5-9-24-16(12)23-15(13-7-3-2-4-8-13)17(24)22-14(25)10-26-11-18(19,20)21/h2-9H,10-11H2,1H3,(H,22,25). The van der Waals surface area contributed by atoms with Gasteiger partial charge in [0.05, 0.1) is 0 Å². The van der Waals surface area contributed by atoms with Crippen LogP contribution in [0.25, 0.3) is 16.9 Å². The van der Waals surface area contributed by atoms with Crippen LogP contribution in [0.4, 0.5) is 19.0 Å². The number of carbonyl (C=O) groups is 1. The fourth-order valence-electron chi connectivity index (χ4n) is 2.55. The summed E-state index contributed by atoms with van der Waals surface area (Å²) in [6, 6.07) is 12.9. The summed E-state index contributed by atoms with van der Waals surface area (Å²) < 4.78 is 42.6. The molecule has 1 amide bonds. The zero-order valence-electron chi connectivity index (χ0n) is 13.9. The summed E-state index contributed by atoms with van der Waals surface area (Å²) >= 11 is 0. The third kappa shape index (κ3) is 4.02. The summed E-state index contributed by atoms with van der Waals surface area (Å²) in [5, 5.41) is 2.61. The molecule has 2 aromatic heterocycles. The van der Waals surface area contributed by atoms with Gasteiger partial charge in [0.2, 0.25) is 0 Å². The predicted molar refractivity (Wildman–Crippen MR) is 90.9 cm³/mol. The first-order chi connectivity index (χ1) is 12.3. The van der Waals surface area contributed by atoms with Gasteiger partial charge in [0.15, 0.2) is 0 Å². The van der Waals surface area contributed by atoms with Gasteiger partial charge in [0, 0.05) is 11.8 Å². The summed E-state index contributed by atoms with van der Waals surface area (Å²) in [6.45, 7) is -0.292. The Morgan fingerprint density at radius 1 is 1.19 bits per heavy atom. The monoisotopic (exact) mass is 363 g/mol. The van der Waals surface area contributed by atoms with Crippen molar-refractivity contribution in [1.82, 2.24) is 9.38 Å². The Balaban J connectivity index is 1.91. The molecule has 8 heteroatoms. The molecule has 0 radical (unpaired) electrons. The van der Waals surface area contributed by atoms with E-state index in [1.807, 2.05) is 43.3 Å². The number of amides is 1. The molecule has 1 aromatic carbocycles. The number of nitrogens with zero attached hydrogens (tertiary/aromatic N) is 2. The van der Waals surface area contributed by atoms with E-state index in [2.05, 4.69) is 15.0 Å². The lowest BCUT2D eigenvalue weighted by atomic mass is 10.1. The molecule has 0 spiro atoms. The third-order valence-corrected chi connectivity index (χ3v) is 3.65. The molecule has 0 bridgehead atoms. The molecule has 0 unspecified atom stereocenters. The fraction of sp³-hybridized carbons (Fsp3) is 0.222. The average Bonchev–Trinajstić information content (AvgIpc) is 2.94. The summed E-state index contributed by atoms with van der Waals surface area (Å²) in [7, 11) is 0. The first-order valence-corrected chi connectivity index (χ1v) is 7.82. The van der Waals surface area contributed by atoms with Gasteiger partial charge in [0.25, 0.3) is 5.91 Å². The Kier molecular flexibility index (Phi) is 4.94. The maximum absolute atomic E-state index is 12.2. The maximum atomic E-state index is 12.2. The lowest BCUT2D eigenvalue weighted by Crippen LogP contribution is -2.24. The second kappa shape index (κ2) is 7.17. The second-order valence-electron chi connectivity index (χ2n) is 5.72. The van der Waals surface area contributed by atoms with Crippen molar-refractivity contribution in [2.45, 2.75) is 13.1 Å². The third-order valence-electron chi connectivity index (χ3n) is 3.65. The Morgan fingerprint density at radius 3 is 2.62 bits per heavy atom. The normalized spacial score (nSPS) is 11.7. The van der Waals surface area contributed by atoms with Crippen LogP contribution in [0, 0.1) is 6.92 Å². The van der Waals surface area contributed by atoms with E-state index in [1.54, 1.807) is 16.7 Å². The maximum Gasteiger partial charge on any atom is 0.411 e. The predicted octanol–water partition coefficient (Wildman–Crippen LogP) is 3.83. The minimum atomic E-state index is -4.48. The van der Waals surface area contributed by atoms with E-state index < -0.39 is 25.3 Å². The van der Waals surface area contributed by atoms with Crippen molar-refractivity contribution in [3.63, 3.8) is 0 Å². The number of aromatic nitrogens is 2. The Bertz CT molecular complexity index is 921. The van der Waals surface area contributed by atoms with Crippen molar-refractivity contribution in [3.05, 3.63) is 54.2 Å². The van der Waals surface area contributed by atoms with E-state index in [1.165, 1.54) is 0 Å². The van der Waals surface area contributed by atoms with Crippen molar-refractivity contribution in [2.24, 2.45) is 0 Å². The number of carbonyl (C=O) groups excluding carboxylic acids is 1. The van der Waals surface area contributed by atoms with Crippen LogP contribution in [0.3, 0.4) is 0 Å². The van der Waals surface area contributed by atoms with Crippen molar-refractivity contribution < 1.29 is 22.7 Å². The highest BCUT2D eigenvalue weighted by Crippen LogP contribution is 2.29. The summed E-state index contributed by atoms with van der Waals surface area (Å²) in [5.41, 5.74) is 2.86. The highest BCUT2D eigenvalue weighted by atomic mass is 19.4. The number of halogens is 3. The minimum absolute atomic E-state index is 0.385. The lowest BCUT2D eigenvalue weighted by Gasteiger charge is -2.10. The number of ether oxygens (including phenoxy) is 1. The molecule has 2 heterocycles. The van der Waals surface area contributed by atoms with Crippen molar-refractivity contribution in [3.8, 4) is 11.3 Å². The number of benzene rings is 1. The van der Waals surface area contributed by atoms with Crippen molar-refractivity contribution >= 4 is 17.4 Å². The molecule has 3 aromatic rings. The molecular formula is C18H16F3N3O2. The Morgan fingerprint density at radius 2 is 1.92 bits per heavy atom. The van der Waals surface area contributed by atoms with Crippen LogP contribution >= 0.6 is 0 Å². The molecule has 0 saturated heterocycles. The van der Waals surface area contributed by atoms with E-state index in [-0.39, 0.29) is 0 Å². The van der Waals surface area contributed by atoms with Gasteiger partial charge >= 0.3 is 6.18 Å². The largest absolute Gasteiger partial charge is 0.411 e. The zero-order chi connectivity index (χ0) is 18.7. The first-order valence-electron chi connectivity index (χ1n) is 7.82. The highest BCUT2D eigenvalue weighted by molar-refractivity contribution is 5.95. The van der Waals surface area contributed by atoms with Gasteiger partial charge in [-0.25, -0.2) is 4.98 Å². The molecule has 0 saturated carbocycles. The number of rotatable bonds is 5. The second-order valence-corrected chi connectivity index (χ2v) is 5.72. The van der Waals surface area contributed by atoms with Gasteiger partial charge in [-0.15, -0.1) is 0 Å². The number of hydrogen-bond acceptors (Lipinski definition) is 3. The fourth-order valence-corrected chi connectivity index (χ4v) is 2.55. The molecule has 26 heavy (non-hydrogen) atoms. The van der Waals surface area contributed by atoms with Gasteiger partial charge in [0.1, 0.15) is 30.4 Å². The topological polar surface area (TPSA) is 55.6 Å². The molecule has 136 valence electrons. The number of imidazole rings is 1. The van der Waals surface area contributed by atoms with E-state index >= 15 is 0 Å². The molecule has 0 aliphatic rings. The zero-order valence-corrected chi connectivity index (χ0v) is 13.9. The van der Waals surface area contributed by atoms with E-state index in [4.69, 9.17) is 0 Å². The smallest absolute Gasteiger partial charge is 0.362 e. The van der Waals surface area contributed by atoms with Gasteiger partial charge in [-0.3, -0.25) is 9.20 Å². The van der Waals surface area contributed by atoms with Gasteiger partial charge in [-0.1, -0.05) is 36.4 Å². The molecule has 3 rings (SSSR count). The van der Waals surface area contributed by atoms with E-state index in [0.717, 1.165) is 11.1 Å². The molecule has 1 N–H and O–H groups in total. The quantitative estimate of drug-likeness (QED) is 0.750. The lowest BCUT2D eigenvalue weighted by molar-refractivity contribution is -0.174. The highest BCUT2D eigenvalue weighted by Gasteiger charge is 2.28. The minimum Gasteiger partial charge on any atom is -0.362 e. The van der Waals surface area contributed by atoms with Gasteiger partial charge < -0.3 is 10.1 Å². The van der Waals surface area contributed by atoms with Gasteiger partial charge in [-0.2, -0.15) is 13.2 Å². The van der Waals surface area contributed by atoms with Crippen molar-refractivity contribution in [1.29, 1.82) is 0 Å². The number of alkyl halides is 3. The number of hydrogen-bond donors (Lipinski definition) is 1. The number of anilines is 1. The number of fused-ring (bicyclic) bond motifs is 1. The molecule has 0 fully saturated rings. The Hall–Kier alpha value is -2.87. The summed E-state index contributed by atoms with van der Waals surface area (Å²) in [5.74, 6) is -0.301. The number of nitrogens with one attached hydrogen (secondary N) is 1. The van der Waals surface area contributed by atoms with Crippen LogP contribution in [0.1, 0.15) is 5.56 Å². The SMILES string of the molecule is Cc1cccn2c(NC(=O)COCC(F)(F)F)c(-c3ccccc3)nc12. The van der Waals surface area contributed by atoms with Crippen LogP contribution in [0.2, 0.25) is 0 Å². The summed E-state index contributed by atoms with van der Waals surface area (Å²) in [6.07, 6.45) is -2.75. The number of pyridine rings is 1. The summed E-state index contributed by atoms with van der Waals surface area (Å²) in [4.78, 5) is 16.6. The van der Waals surface area contributed by atoms with Crippen LogP contribution in [-0.4, -0.2) is 34.7 Å². The van der Waals surface area contributed by atoms with Crippen LogP contribution in [0.15, 0.2) is 48.7 Å². The van der Waals surface area contributed by atoms with E-state index in [9.17, 15) is 18.0 Å². The van der Waals surface area contributed by atoms with Gasteiger partial charge in [-0.05, 0) is 18.6 Å². The molecule has 0 aliphatic carbocycles. The molecule has 0 atom stereocenters.